The lowest BCUT2D eigenvalue weighted by atomic mass is 10.0. The monoisotopic (exact) mass is 414 g/mol. The van der Waals surface area contributed by atoms with Crippen LogP contribution in [-0.4, -0.2) is 20.9 Å². The van der Waals surface area contributed by atoms with Gasteiger partial charge in [-0.15, -0.1) is 0 Å². The molecule has 3 N–H and O–H groups in total. The second-order valence-electron chi connectivity index (χ2n) is 6.58. The van der Waals surface area contributed by atoms with E-state index >= 15 is 0 Å². The van der Waals surface area contributed by atoms with Gasteiger partial charge in [-0.05, 0) is 62.2 Å². The molecule has 0 fully saturated rings. The number of nitrogens with one attached hydrogen (secondary N) is 1. The zero-order chi connectivity index (χ0) is 21.2. The number of benzene rings is 2. The summed E-state index contributed by atoms with van der Waals surface area (Å²) in [6.45, 7) is 6.14. The van der Waals surface area contributed by atoms with E-state index < -0.39 is 10.0 Å². The molecule has 0 saturated heterocycles. The van der Waals surface area contributed by atoms with E-state index in [1.165, 1.54) is 30.3 Å². The number of primary sulfonamides is 1. The Labute approximate surface area is 169 Å². The highest BCUT2D eigenvalue weighted by molar-refractivity contribution is 7.89. The summed E-state index contributed by atoms with van der Waals surface area (Å²) in [5.74, 6) is 0.283. The van der Waals surface area contributed by atoms with Crippen molar-refractivity contribution in [2.45, 2.75) is 25.7 Å². The van der Waals surface area contributed by atoms with Crippen LogP contribution in [0.4, 0.5) is 5.69 Å². The van der Waals surface area contributed by atoms with Gasteiger partial charge in [-0.3, -0.25) is 4.79 Å². The molecular weight excluding hydrogens is 392 g/mol. The Bertz CT molecular complexity index is 1190. The van der Waals surface area contributed by atoms with Crippen LogP contribution >= 0.6 is 0 Å². The summed E-state index contributed by atoms with van der Waals surface area (Å²) in [5.41, 5.74) is 3.69. The molecule has 0 bridgehead atoms. The number of furan rings is 1. The van der Waals surface area contributed by atoms with Gasteiger partial charge in [-0.2, -0.15) is 0 Å². The Hall–Kier alpha value is -3.10. The van der Waals surface area contributed by atoms with Crippen molar-refractivity contribution in [2.75, 3.05) is 11.9 Å². The highest BCUT2D eigenvalue weighted by atomic mass is 32.2. The number of nitrogens with two attached hydrogens (primary N) is 1. The van der Waals surface area contributed by atoms with Gasteiger partial charge in [0, 0.05) is 28.8 Å². The number of carbonyl (C=O) groups is 1. The minimum Gasteiger partial charge on any atom is -0.493 e. The molecule has 3 aromatic rings. The molecule has 29 heavy (non-hydrogen) atoms. The maximum absolute atomic E-state index is 12.4. The van der Waals surface area contributed by atoms with Gasteiger partial charge in [0.25, 0.3) is 0 Å². The molecule has 0 radical (unpaired) electrons. The van der Waals surface area contributed by atoms with Crippen molar-refractivity contribution < 1.29 is 22.4 Å². The second-order valence-corrected chi connectivity index (χ2v) is 8.14. The number of amides is 1. The lowest BCUT2D eigenvalue weighted by molar-refractivity contribution is -0.111. The van der Waals surface area contributed by atoms with Crippen LogP contribution in [-0.2, 0) is 14.8 Å². The van der Waals surface area contributed by atoms with Crippen molar-refractivity contribution in [1.29, 1.82) is 0 Å². The van der Waals surface area contributed by atoms with Crippen molar-refractivity contribution in [1.82, 2.24) is 0 Å². The van der Waals surface area contributed by atoms with Gasteiger partial charge in [-0.25, -0.2) is 13.6 Å². The molecule has 1 heterocycles. The number of hydrogen-bond acceptors (Lipinski definition) is 5. The van der Waals surface area contributed by atoms with Crippen molar-refractivity contribution >= 4 is 38.2 Å². The predicted molar refractivity (Wildman–Crippen MR) is 112 cm³/mol. The van der Waals surface area contributed by atoms with E-state index in [4.69, 9.17) is 14.3 Å². The molecule has 1 amide bonds. The Morgan fingerprint density at radius 2 is 1.93 bits per heavy atom. The Morgan fingerprint density at radius 1 is 1.24 bits per heavy atom. The topological polar surface area (TPSA) is 112 Å². The molecule has 152 valence electrons. The first kappa shape index (κ1) is 20.6. The normalized spacial score (nSPS) is 12.2. The SMILES string of the molecule is CCOc1cc2occ(C)c2cc1/C(C)=C/C(=O)Nc1ccc(S(N)(=O)=O)cc1. The van der Waals surface area contributed by atoms with Crippen molar-refractivity contribution in [3.8, 4) is 5.75 Å². The third kappa shape index (κ3) is 4.67. The number of fused-ring (bicyclic) bond motifs is 1. The zero-order valence-corrected chi connectivity index (χ0v) is 17.2. The van der Waals surface area contributed by atoms with E-state index in [2.05, 4.69) is 5.32 Å². The van der Waals surface area contributed by atoms with E-state index in [9.17, 15) is 13.2 Å². The number of aryl methyl sites for hydroxylation is 1. The quantitative estimate of drug-likeness (QED) is 0.596. The van der Waals surface area contributed by atoms with E-state index in [0.717, 1.165) is 27.7 Å². The molecule has 1 aromatic heterocycles. The van der Waals surface area contributed by atoms with Crippen LogP contribution in [0.3, 0.4) is 0 Å². The highest BCUT2D eigenvalue weighted by Gasteiger charge is 2.13. The van der Waals surface area contributed by atoms with Crippen molar-refractivity contribution in [3.05, 3.63) is 59.9 Å². The third-order valence-corrected chi connectivity index (χ3v) is 5.32. The van der Waals surface area contributed by atoms with Crippen LogP contribution in [0, 0.1) is 6.92 Å². The fraction of sp³-hybridized carbons (Fsp3) is 0.190. The molecule has 3 rings (SSSR count). The summed E-state index contributed by atoms with van der Waals surface area (Å²) in [5, 5.41) is 8.74. The molecule has 2 aromatic carbocycles. The average Bonchev–Trinajstić information content (AvgIpc) is 3.01. The summed E-state index contributed by atoms with van der Waals surface area (Å²) in [4.78, 5) is 12.4. The van der Waals surface area contributed by atoms with Crippen LogP contribution in [0.5, 0.6) is 5.75 Å². The van der Waals surface area contributed by atoms with Crippen LogP contribution in [0.15, 0.2) is 58.1 Å². The van der Waals surface area contributed by atoms with E-state index in [1.807, 2.05) is 32.9 Å². The summed E-state index contributed by atoms with van der Waals surface area (Å²) in [6, 6.07) is 9.40. The lowest BCUT2D eigenvalue weighted by Gasteiger charge is -2.11. The van der Waals surface area contributed by atoms with Gasteiger partial charge in [0.05, 0.1) is 17.8 Å². The zero-order valence-electron chi connectivity index (χ0n) is 16.4. The molecule has 0 aliphatic rings. The van der Waals surface area contributed by atoms with Gasteiger partial charge in [0.1, 0.15) is 11.3 Å². The molecule has 0 unspecified atom stereocenters. The Morgan fingerprint density at radius 3 is 2.55 bits per heavy atom. The minimum absolute atomic E-state index is 0.0210. The lowest BCUT2D eigenvalue weighted by Crippen LogP contribution is -2.12. The number of carbonyl (C=O) groups excluding carboxylic acids is 1. The number of anilines is 1. The number of sulfonamides is 1. The van der Waals surface area contributed by atoms with Crippen LogP contribution in [0.25, 0.3) is 16.5 Å². The van der Waals surface area contributed by atoms with Crippen molar-refractivity contribution in [2.24, 2.45) is 5.14 Å². The molecule has 0 aliphatic heterocycles. The molecule has 8 heteroatoms. The van der Waals surface area contributed by atoms with Gasteiger partial charge < -0.3 is 14.5 Å². The predicted octanol–water partition coefficient (Wildman–Crippen LogP) is 3.83. The first-order chi connectivity index (χ1) is 13.7. The molecular formula is C21H22N2O5S. The summed E-state index contributed by atoms with van der Waals surface area (Å²) >= 11 is 0. The van der Waals surface area contributed by atoms with E-state index in [-0.39, 0.29) is 10.8 Å². The van der Waals surface area contributed by atoms with Crippen LogP contribution in [0.2, 0.25) is 0 Å². The summed E-state index contributed by atoms with van der Waals surface area (Å²) < 4.78 is 33.9. The maximum atomic E-state index is 12.4. The summed E-state index contributed by atoms with van der Waals surface area (Å²) in [6.07, 6.45) is 3.15. The standard InChI is InChI=1S/C21H22N2O5S/c1-4-27-19-11-20-18(14(3)12-28-20)10-17(19)13(2)9-21(24)23-15-5-7-16(8-6-15)29(22,25)26/h5-12H,4H2,1-3H3,(H,23,24)(H2,22,25,26)/b13-9+. The highest BCUT2D eigenvalue weighted by Crippen LogP contribution is 2.33. The molecule has 0 saturated carbocycles. The fourth-order valence-electron chi connectivity index (χ4n) is 2.95. The van der Waals surface area contributed by atoms with Crippen LogP contribution < -0.4 is 15.2 Å². The fourth-order valence-corrected chi connectivity index (χ4v) is 3.46. The minimum atomic E-state index is -3.78. The van der Waals surface area contributed by atoms with Gasteiger partial charge in [-0.1, -0.05) is 0 Å². The molecule has 7 nitrogen and oxygen atoms in total. The van der Waals surface area contributed by atoms with Gasteiger partial charge in [0.15, 0.2) is 0 Å². The van der Waals surface area contributed by atoms with Crippen molar-refractivity contribution in [3.63, 3.8) is 0 Å². The van der Waals surface area contributed by atoms with Crippen LogP contribution in [0.1, 0.15) is 25.0 Å². The number of ether oxygens (including phenoxy) is 1. The van der Waals surface area contributed by atoms with E-state index in [1.54, 1.807) is 6.26 Å². The number of hydrogen-bond donors (Lipinski definition) is 2. The number of allylic oxidation sites excluding steroid dienone is 1. The first-order valence-electron chi connectivity index (χ1n) is 8.96. The van der Waals surface area contributed by atoms with Gasteiger partial charge >= 0.3 is 0 Å². The average molecular weight is 414 g/mol. The summed E-state index contributed by atoms with van der Waals surface area (Å²) in [7, 11) is -3.78. The second kappa shape index (κ2) is 8.10. The Kier molecular flexibility index (Phi) is 5.76. The largest absolute Gasteiger partial charge is 0.493 e. The Balaban J connectivity index is 1.87. The smallest absolute Gasteiger partial charge is 0.248 e. The maximum Gasteiger partial charge on any atom is 0.248 e. The van der Waals surface area contributed by atoms with Gasteiger partial charge in [0.2, 0.25) is 15.9 Å². The number of rotatable bonds is 6. The third-order valence-electron chi connectivity index (χ3n) is 4.39. The molecule has 0 aliphatic carbocycles. The molecule has 0 atom stereocenters. The van der Waals surface area contributed by atoms with E-state index in [0.29, 0.717) is 18.0 Å². The molecule has 0 spiro atoms. The first-order valence-corrected chi connectivity index (χ1v) is 10.5.